The highest BCUT2D eigenvalue weighted by Gasteiger charge is 2.12. The van der Waals surface area contributed by atoms with E-state index in [1.807, 2.05) is 24.3 Å². The Morgan fingerprint density at radius 1 is 1.42 bits per heavy atom. The molecule has 1 aromatic heterocycles. The molecule has 19 heavy (non-hydrogen) atoms. The maximum atomic E-state index is 10.7. The third kappa shape index (κ3) is 3.50. The van der Waals surface area contributed by atoms with E-state index in [0.29, 0.717) is 5.92 Å². The quantitative estimate of drug-likeness (QED) is 0.824. The van der Waals surface area contributed by atoms with Crippen LogP contribution in [0.5, 0.6) is 0 Å². The molecule has 0 amide bonds. The van der Waals surface area contributed by atoms with E-state index in [9.17, 15) is 4.79 Å². The topological polar surface area (TPSA) is 55.1 Å². The van der Waals surface area contributed by atoms with Crippen LogP contribution >= 0.6 is 11.8 Å². The molecule has 0 saturated carbocycles. The Morgan fingerprint density at radius 2 is 2.16 bits per heavy atom. The highest BCUT2D eigenvalue weighted by atomic mass is 32.2. The predicted octanol–water partition coefficient (Wildman–Crippen LogP) is 3.26. The van der Waals surface area contributed by atoms with Gasteiger partial charge < -0.3 is 9.67 Å². The molecular formula is C14H18N2O2S. The lowest BCUT2D eigenvalue weighted by molar-refractivity contribution is -0.133. The van der Waals surface area contributed by atoms with Gasteiger partial charge in [-0.15, -0.1) is 0 Å². The van der Waals surface area contributed by atoms with Crippen molar-refractivity contribution in [1.82, 2.24) is 9.55 Å². The number of thioether (sulfide) groups is 1. The van der Waals surface area contributed by atoms with Crippen molar-refractivity contribution in [2.75, 3.05) is 5.75 Å². The standard InChI is InChI=1S/C14H18N2O2S/c1-10(2)7-8-16-12-6-4-3-5-11(12)15-14(16)19-9-13(17)18/h3-6,10H,7-9H2,1-2H3,(H,17,18). The van der Waals surface area contributed by atoms with Crippen LogP contribution < -0.4 is 0 Å². The molecule has 0 unspecified atom stereocenters. The van der Waals surface area contributed by atoms with Gasteiger partial charge in [-0.2, -0.15) is 0 Å². The van der Waals surface area contributed by atoms with Gasteiger partial charge in [-0.1, -0.05) is 37.7 Å². The first-order chi connectivity index (χ1) is 9.08. The van der Waals surface area contributed by atoms with Crippen molar-refractivity contribution in [2.45, 2.75) is 32.0 Å². The fraction of sp³-hybridized carbons (Fsp3) is 0.429. The van der Waals surface area contributed by atoms with E-state index in [1.165, 1.54) is 11.8 Å². The van der Waals surface area contributed by atoms with E-state index < -0.39 is 5.97 Å². The molecule has 0 spiro atoms. The lowest BCUT2D eigenvalue weighted by Gasteiger charge is -2.10. The molecule has 0 fully saturated rings. The van der Waals surface area contributed by atoms with Crippen LogP contribution in [0, 0.1) is 5.92 Å². The summed E-state index contributed by atoms with van der Waals surface area (Å²) in [4.78, 5) is 15.2. The van der Waals surface area contributed by atoms with Gasteiger partial charge in [-0.3, -0.25) is 4.79 Å². The zero-order valence-electron chi connectivity index (χ0n) is 11.2. The van der Waals surface area contributed by atoms with Crippen molar-refractivity contribution < 1.29 is 9.90 Å². The van der Waals surface area contributed by atoms with Crippen molar-refractivity contribution in [3.05, 3.63) is 24.3 Å². The SMILES string of the molecule is CC(C)CCn1c(SCC(=O)O)nc2ccccc21. The number of rotatable bonds is 6. The smallest absolute Gasteiger partial charge is 0.313 e. The minimum atomic E-state index is -0.813. The zero-order chi connectivity index (χ0) is 13.8. The molecule has 0 bridgehead atoms. The van der Waals surface area contributed by atoms with Gasteiger partial charge in [0.15, 0.2) is 5.16 Å². The molecule has 0 saturated heterocycles. The molecule has 0 aliphatic carbocycles. The molecule has 2 aromatic rings. The molecule has 0 radical (unpaired) electrons. The van der Waals surface area contributed by atoms with Crippen LogP contribution in [-0.2, 0) is 11.3 Å². The Bertz CT molecular complexity index is 578. The number of para-hydroxylation sites is 2. The third-order valence-electron chi connectivity index (χ3n) is 2.87. The largest absolute Gasteiger partial charge is 0.481 e. The number of aliphatic carboxylic acids is 1. The van der Waals surface area contributed by atoms with E-state index in [2.05, 4.69) is 23.4 Å². The number of nitrogens with zero attached hydrogens (tertiary/aromatic N) is 2. The number of aromatic nitrogens is 2. The fourth-order valence-corrected chi connectivity index (χ4v) is 2.65. The third-order valence-corrected chi connectivity index (χ3v) is 3.84. The first-order valence-corrected chi connectivity index (χ1v) is 7.36. The van der Waals surface area contributed by atoms with Crippen molar-refractivity contribution in [3.63, 3.8) is 0 Å². The summed E-state index contributed by atoms with van der Waals surface area (Å²) in [6, 6.07) is 7.94. The molecule has 0 atom stereocenters. The molecule has 2 rings (SSSR count). The molecule has 102 valence electrons. The molecular weight excluding hydrogens is 260 g/mol. The number of fused-ring (bicyclic) bond motifs is 1. The highest BCUT2D eigenvalue weighted by Crippen LogP contribution is 2.24. The molecule has 1 aromatic carbocycles. The maximum Gasteiger partial charge on any atom is 0.313 e. The number of aryl methyl sites for hydroxylation is 1. The number of carbonyl (C=O) groups is 1. The van der Waals surface area contributed by atoms with Crippen LogP contribution in [0.15, 0.2) is 29.4 Å². The van der Waals surface area contributed by atoms with E-state index in [0.717, 1.165) is 29.2 Å². The average molecular weight is 278 g/mol. The van der Waals surface area contributed by atoms with Crippen LogP contribution in [0.25, 0.3) is 11.0 Å². The second-order valence-corrected chi connectivity index (χ2v) is 5.84. The summed E-state index contributed by atoms with van der Waals surface area (Å²) in [5.41, 5.74) is 2.01. The zero-order valence-corrected chi connectivity index (χ0v) is 12.0. The van der Waals surface area contributed by atoms with Crippen LogP contribution in [-0.4, -0.2) is 26.4 Å². The summed E-state index contributed by atoms with van der Waals surface area (Å²) in [5.74, 6) is -0.156. The van der Waals surface area contributed by atoms with E-state index >= 15 is 0 Å². The van der Waals surface area contributed by atoms with Gasteiger partial charge >= 0.3 is 5.97 Å². The molecule has 0 aliphatic rings. The van der Waals surface area contributed by atoms with Crippen LogP contribution in [0.1, 0.15) is 20.3 Å². The van der Waals surface area contributed by atoms with Crippen molar-refractivity contribution in [1.29, 1.82) is 0 Å². The lowest BCUT2D eigenvalue weighted by atomic mass is 10.1. The van der Waals surface area contributed by atoms with Crippen molar-refractivity contribution in [3.8, 4) is 0 Å². The number of carboxylic acid groups (broad SMARTS) is 1. The van der Waals surface area contributed by atoms with Gasteiger partial charge in [0.25, 0.3) is 0 Å². The summed E-state index contributed by atoms with van der Waals surface area (Å²) in [6.45, 7) is 5.24. The number of benzene rings is 1. The second-order valence-electron chi connectivity index (χ2n) is 4.90. The molecule has 4 nitrogen and oxygen atoms in total. The predicted molar refractivity (Wildman–Crippen MR) is 77.5 cm³/mol. The molecule has 0 aliphatic heterocycles. The monoisotopic (exact) mass is 278 g/mol. The Morgan fingerprint density at radius 3 is 2.84 bits per heavy atom. The van der Waals surface area contributed by atoms with Crippen molar-refractivity contribution in [2.24, 2.45) is 5.92 Å². The Kier molecular flexibility index (Phi) is 4.47. The second kappa shape index (κ2) is 6.10. The summed E-state index contributed by atoms with van der Waals surface area (Å²) in [5, 5.41) is 9.60. The van der Waals surface area contributed by atoms with Crippen LogP contribution in [0.3, 0.4) is 0 Å². The van der Waals surface area contributed by atoms with E-state index in [-0.39, 0.29) is 5.75 Å². The van der Waals surface area contributed by atoms with Gasteiger partial charge in [0, 0.05) is 6.54 Å². The summed E-state index contributed by atoms with van der Waals surface area (Å²) in [7, 11) is 0. The van der Waals surface area contributed by atoms with E-state index in [1.54, 1.807) is 0 Å². The minimum Gasteiger partial charge on any atom is -0.481 e. The summed E-state index contributed by atoms with van der Waals surface area (Å²) < 4.78 is 2.13. The van der Waals surface area contributed by atoms with Gasteiger partial charge in [0.2, 0.25) is 0 Å². The number of imidazole rings is 1. The normalized spacial score (nSPS) is 11.3. The van der Waals surface area contributed by atoms with Gasteiger partial charge in [0.1, 0.15) is 0 Å². The fourth-order valence-electron chi connectivity index (χ4n) is 1.89. The highest BCUT2D eigenvalue weighted by molar-refractivity contribution is 7.99. The van der Waals surface area contributed by atoms with Crippen molar-refractivity contribution >= 4 is 28.8 Å². The molecule has 1 heterocycles. The Balaban J connectivity index is 2.31. The molecule has 5 heteroatoms. The number of carboxylic acids is 1. The average Bonchev–Trinajstić information content (AvgIpc) is 2.71. The molecule has 1 N–H and O–H groups in total. The van der Waals surface area contributed by atoms with Gasteiger partial charge in [-0.05, 0) is 24.5 Å². The first-order valence-electron chi connectivity index (χ1n) is 6.38. The lowest BCUT2D eigenvalue weighted by Crippen LogP contribution is -2.05. The van der Waals surface area contributed by atoms with E-state index in [4.69, 9.17) is 5.11 Å². The van der Waals surface area contributed by atoms with Gasteiger partial charge in [0.05, 0.1) is 16.8 Å². The summed E-state index contributed by atoms with van der Waals surface area (Å²) >= 11 is 1.28. The van der Waals surface area contributed by atoms with Gasteiger partial charge in [-0.25, -0.2) is 4.98 Å². The number of hydrogen-bond acceptors (Lipinski definition) is 3. The van der Waals surface area contributed by atoms with Crippen LogP contribution in [0.2, 0.25) is 0 Å². The summed E-state index contributed by atoms with van der Waals surface area (Å²) in [6.07, 6.45) is 1.06. The maximum absolute atomic E-state index is 10.7. The Labute approximate surface area is 116 Å². The minimum absolute atomic E-state index is 0.0466. The Hall–Kier alpha value is -1.49. The number of hydrogen-bond donors (Lipinski definition) is 1. The first kappa shape index (κ1) is 13.9. The van der Waals surface area contributed by atoms with Crippen LogP contribution in [0.4, 0.5) is 0 Å².